The van der Waals surface area contributed by atoms with Gasteiger partial charge < -0.3 is 5.32 Å². The zero-order chi connectivity index (χ0) is 14.9. The first-order chi connectivity index (χ1) is 9.27. The van der Waals surface area contributed by atoms with E-state index in [0.29, 0.717) is 0 Å². The second-order valence-corrected chi connectivity index (χ2v) is 9.41. The number of rotatable bonds is 3. The van der Waals surface area contributed by atoms with Gasteiger partial charge in [0.1, 0.15) is 0 Å². The third kappa shape index (κ3) is 4.09. The van der Waals surface area contributed by atoms with Gasteiger partial charge in [0.2, 0.25) is 0 Å². The fourth-order valence-corrected chi connectivity index (χ4v) is 5.31. The van der Waals surface area contributed by atoms with Crippen LogP contribution in [0.4, 0.5) is 5.69 Å². The second-order valence-electron chi connectivity index (χ2n) is 5.61. The van der Waals surface area contributed by atoms with Crippen molar-refractivity contribution in [2.24, 2.45) is 0 Å². The van der Waals surface area contributed by atoms with Crippen LogP contribution in [0.2, 0.25) is 0 Å². The SMILES string of the molecule is CC(C)(C)c1ccc(CNc2c(Br)cc(Br)cc2Br)s1. The molecule has 0 aliphatic heterocycles. The van der Waals surface area contributed by atoms with Gasteiger partial charge in [0.15, 0.2) is 0 Å². The van der Waals surface area contributed by atoms with E-state index in [-0.39, 0.29) is 5.41 Å². The lowest BCUT2D eigenvalue weighted by molar-refractivity contribution is 0.604. The molecule has 5 heteroatoms. The highest BCUT2D eigenvalue weighted by Crippen LogP contribution is 2.35. The number of anilines is 1. The van der Waals surface area contributed by atoms with E-state index in [1.165, 1.54) is 9.75 Å². The first-order valence-electron chi connectivity index (χ1n) is 6.25. The summed E-state index contributed by atoms with van der Waals surface area (Å²) in [5, 5.41) is 3.49. The highest BCUT2D eigenvalue weighted by molar-refractivity contribution is 9.11. The maximum atomic E-state index is 3.59. The lowest BCUT2D eigenvalue weighted by Crippen LogP contribution is -2.07. The largest absolute Gasteiger partial charge is 0.378 e. The molecule has 1 N–H and O–H groups in total. The number of thiophene rings is 1. The highest BCUT2D eigenvalue weighted by atomic mass is 79.9. The molecule has 108 valence electrons. The normalized spacial score (nSPS) is 11.7. The minimum Gasteiger partial charge on any atom is -0.378 e. The molecule has 0 fully saturated rings. The Kier molecular flexibility index (Phi) is 5.38. The average molecular weight is 482 g/mol. The zero-order valence-corrected chi connectivity index (χ0v) is 17.1. The van der Waals surface area contributed by atoms with Gasteiger partial charge in [-0.3, -0.25) is 0 Å². The standard InChI is InChI=1S/C15H16Br3NS/c1-15(2,3)13-5-4-10(20-13)8-19-14-11(17)6-9(16)7-12(14)18/h4-7,19H,8H2,1-3H3. The van der Waals surface area contributed by atoms with Gasteiger partial charge >= 0.3 is 0 Å². The van der Waals surface area contributed by atoms with Gasteiger partial charge in [0, 0.05) is 29.7 Å². The Labute approximate surface area is 149 Å². The second kappa shape index (κ2) is 6.51. The van der Waals surface area contributed by atoms with Gasteiger partial charge in [-0.05, 0) is 61.5 Å². The molecule has 2 aromatic rings. The van der Waals surface area contributed by atoms with Crippen molar-refractivity contribution in [3.8, 4) is 0 Å². The summed E-state index contributed by atoms with van der Waals surface area (Å²) >= 11 is 12.5. The van der Waals surface area contributed by atoms with Crippen LogP contribution in [0.3, 0.4) is 0 Å². The van der Waals surface area contributed by atoms with Crippen LogP contribution in [0.1, 0.15) is 30.5 Å². The van der Waals surface area contributed by atoms with Crippen molar-refractivity contribution in [2.75, 3.05) is 5.32 Å². The molecule has 1 aromatic carbocycles. The molecule has 0 radical (unpaired) electrons. The van der Waals surface area contributed by atoms with Gasteiger partial charge in [0.05, 0.1) is 5.69 Å². The Hall–Kier alpha value is 0.160. The monoisotopic (exact) mass is 479 g/mol. The minimum atomic E-state index is 0.224. The van der Waals surface area contributed by atoms with Crippen LogP contribution < -0.4 is 5.32 Å². The van der Waals surface area contributed by atoms with E-state index in [1.54, 1.807) is 0 Å². The Balaban J connectivity index is 2.12. The topological polar surface area (TPSA) is 12.0 Å². The smallest absolute Gasteiger partial charge is 0.0632 e. The van der Waals surface area contributed by atoms with Crippen LogP contribution in [-0.4, -0.2) is 0 Å². The Morgan fingerprint density at radius 3 is 2.15 bits per heavy atom. The molecule has 2 rings (SSSR count). The van der Waals surface area contributed by atoms with Crippen LogP contribution in [0, 0.1) is 0 Å². The number of hydrogen-bond acceptors (Lipinski definition) is 2. The van der Waals surface area contributed by atoms with Crippen molar-refractivity contribution in [1.82, 2.24) is 0 Å². The van der Waals surface area contributed by atoms with Gasteiger partial charge in [-0.15, -0.1) is 11.3 Å². The van der Waals surface area contributed by atoms with Crippen molar-refractivity contribution in [3.63, 3.8) is 0 Å². The molecule has 0 amide bonds. The van der Waals surface area contributed by atoms with Crippen molar-refractivity contribution >= 4 is 64.8 Å². The lowest BCUT2D eigenvalue weighted by Gasteiger charge is -2.15. The van der Waals surface area contributed by atoms with E-state index < -0.39 is 0 Å². The van der Waals surface area contributed by atoms with Crippen LogP contribution in [0.15, 0.2) is 37.7 Å². The number of nitrogens with one attached hydrogen (secondary N) is 1. The van der Waals surface area contributed by atoms with Crippen LogP contribution in [-0.2, 0) is 12.0 Å². The van der Waals surface area contributed by atoms with E-state index in [2.05, 4.69) is 86.0 Å². The zero-order valence-electron chi connectivity index (χ0n) is 11.6. The molecule has 1 aromatic heterocycles. The van der Waals surface area contributed by atoms with Crippen molar-refractivity contribution < 1.29 is 0 Å². The van der Waals surface area contributed by atoms with E-state index in [9.17, 15) is 0 Å². The summed E-state index contributed by atoms with van der Waals surface area (Å²) in [5.41, 5.74) is 1.31. The molecule has 0 unspecified atom stereocenters. The van der Waals surface area contributed by atoms with Crippen LogP contribution >= 0.6 is 59.1 Å². The van der Waals surface area contributed by atoms with Crippen LogP contribution in [0.5, 0.6) is 0 Å². The average Bonchev–Trinajstić information content (AvgIpc) is 2.75. The van der Waals surface area contributed by atoms with E-state index >= 15 is 0 Å². The Bertz CT molecular complexity index is 591. The maximum Gasteiger partial charge on any atom is 0.0632 e. The van der Waals surface area contributed by atoms with Crippen molar-refractivity contribution in [1.29, 1.82) is 0 Å². The molecule has 0 aliphatic rings. The molecule has 0 atom stereocenters. The van der Waals surface area contributed by atoms with E-state index in [4.69, 9.17) is 0 Å². The minimum absolute atomic E-state index is 0.224. The molecule has 0 saturated heterocycles. The molecule has 0 saturated carbocycles. The van der Waals surface area contributed by atoms with E-state index in [1.807, 2.05) is 23.5 Å². The molecular weight excluding hydrogens is 466 g/mol. The van der Waals surface area contributed by atoms with Crippen molar-refractivity contribution in [3.05, 3.63) is 47.4 Å². The summed E-state index contributed by atoms with van der Waals surface area (Å²) in [4.78, 5) is 2.76. The molecular formula is C15H16Br3NS. The fourth-order valence-electron chi connectivity index (χ4n) is 1.76. The summed E-state index contributed by atoms with van der Waals surface area (Å²) in [6.45, 7) is 7.58. The van der Waals surface area contributed by atoms with Crippen LogP contribution in [0.25, 0.3) is 0 Å². The highest BCUT2D eigenvalue weighted by Gasteiger charge is 2.16. The summed E-state index contributed by atoms with van der Waals surface area (Å²) < 4.78 is 3.14. The summed E-state index contributed by atoms with van der Waals surface area (Å²) in [5.74, 6) is 0. The third-order valence-electron chi connectivity index (χ3n) is 2.85. The van der Waals surface area contributed by atoms with Gasteiger partial charge in [-0.2, -0.15) is 0 Å². The van der Waals surface area contributed by atoms with Gasteiger partial charge in [-0.25, -0.2) is 0 Å². The fraction of sp³-hybridized carbons (Fsp3) is 0.333. The molecule has 1 nitrogen and oxygen atoms in total. The van der Waals surface area contributed by atoms with Crippen molar-refractivity contribution in [2.45, 2.75) is 32.7 Å². The third-order valence-corrected chi connectivity index (χ3v) is 6.07. The predicted octanol–water partition coefficient (Wildman–Crippen LogP) is 6.95. The van der Waals surface area contributed by atoms with Gasteiger partial charge in [0.25, 0.3) is 0 Å². The predicted molar refractivity (Wildman–Crippen MR) is 99.9 cm³/mol. The summed E-state index contributed by atoms with van der Waals surface area (Å²) in [7, 11) is 0. The molecule has 0 aliphatic carbocycles. The number of halogens is 3. The Morgan fingerprint density at radius 2 is 1.65 bits per heavy atom. The molecule has 20 heavy (non-hydrogen) atoms. The van der Waals surface area contributed by atoms with Gasteiger partial charge in [-0.1, -0.05) is 36.7 Å². The lowest BCUT2D eigenvalue weighted by atomic mass is 9.95. The van der Waals surface area contributed by atoms with E-state index in [0.717, 1.165) is 25.7 Å². The summed E-state index contributed by atoms with van der Waals surface area (Å²) in [6.07, 6.45) is 0. The summed E-state index contributed by atoms with van der Waals surface area (Å²) in [6, 6.07) is 8.52. The maximum absolute atomic E-state index is 3.59. The first-order valence-corrected chi connectivity index (χ1v) is 9.44. The quantitative estimate of drug-likeness (QED) is 0.500. The molecule has 0 bridgehead atoms. The number of hydrogen-bond donors (Lipinski definition) is 1. The number of benzene rings is 1. The first kappa shape index (κ1) is 16.5. The Morgan fingerprint density at radius 1 is 1.05 bits per heavy atom. The molecule has 1 heterocycles. The molecule has 0 spiro atoms.